The number of hydrogen-bond donors (Lipinski definition) is 1. The Hall–Kier alpha value is -3.36. The summed E-state index contributed by atoms with van der Waals surface area (Å²) >= 11 is 0. The third-order valence-corrected chi connectivity index (χ3v) is 4.36. The van der Waals surface area contributed by atoms with Crippen molar-refractivity contribution in [2.45, 2.75) is 18.8 Å². The summed E-state index contributed by atoms with van der Waals surface area (Å²) in [4.78, 5) is 15.2. The van der Waals surface area contributed by atoms with E-state index in [1.807, 2.05) is 0 Å². The van der Waals surface area contributed by atoms with Crippen molar-refractivity contribution in [2.24, 2.45) is 0 Å². The van der Waals surface area contributed by atoms with Crippen molar-refractivity contribution < 1.29 is 36.2 Å². The molecule has 30 heavy (non-hydrogen) atoms. The molecule has 0 radical (unpaired) electrons. The zero-order valence-corrected chi connectivity index (χ0v) is 15.1. The van der Waals surface area contributed by atoms with E-state index in [1.54, 1.807) is 0 Å². The van der Waals surface area contributed by atoms with Crippen LogP contribution in [0.3, 0.4) is 0 Å². The zero-order chi connectivity index (χ0) is 22.1. The first kappa shape index (κ1) is 21.4. The van der Waals surface area contributed by atoms with Gasteiger partial charge in [-0.2, -0.15) is 26.3 Å². The smallest absolute Gasteiger partial charge is 0.417 e. The number of aliphatic carboxylic acids is 1. The maximum absolute atomic E-state index is 13.4. The molecule has 0 aliphatic rings. The molecule has 1 N–H and O–H groups in total. The van der Waals surface area contributed by atoms with Gasteiger partial charge in [0.25, 0.3) is 0 Å². The normalized spacial score (nSPS) is 12.1. The van der Waals surface area contributed by atoms with Crippen LogP contribution < -0.4 is 0 Å². The predicted octanol–water partition coefficient (Wildman–Crippen LogP) is 6.08. The van der Waals surface area contributed by atoms with Gasteiger partial charge in [-0.1, -0.05) is 36.4 Å². The molecule has 1 aromatic heterocycles. The van der Waals surface area contributed by atoms with E-state index in [9.17, 15) is 36.2 Å². The number of benzene rings is 2. The maximum atomic E-state index is 13.4. The van der Waals surface area contributed by atoms with Crippen LogP contribution in [0.2, 0.25) is 0 Å². The Bertz CT molecular complexity index is 1090. The van der Waals surface area contributed by atoms with E-state index < -0.39 is 35.9 Å². The fourth-order valence-corrected chi connectivity index (χ4v) is 3.11. The highest BCUT2D eigenvalue weighted by atomic mass is 19.4. The highest BCUT2D eigenvalue weighted by Crippen LogP contribution is 2.40. The van der Waals surface area contributed by atoms with Gasteiger partial charge in [0.15, 0.2) is 0 Å². The summed E-state index contributed by atoms with van der Waals surface area (Å²) in [6, 6.07) is 10.2. The van der Waals surface area contributed by atoms with Crippen molar-refractivity contribution in [3.05, 3.63) is 77.5 Å². The molecule has 0 aliphatic heterocycles. The summed E-state index contributed by atoms with van der Waals surface area (Å²) in [6.45, 7) is 0. The van der Waals surface area contributed by atoms with Gasteiger partial charge < -0.3 is 5.11 Å². The maximum Gasteiger partial charge on any atom is 0.417 e. The Morgan fingerprint density at radius 3 is 1.83 bits per heavy atom. The number of carboxylic acid groups (broad SMARTS) is 1. The fraction of sp³-hybridized carbons (Fsp3) is 0.143. The van der Waals surface area contributed by atoms with Crippen LogP contribution in [0.5, 0.6) is 0 Å². The molecule has 9 heteroatoms. The Kier molecular flexibility index (Phi) is 5.56. The van der Waals surface area contributed by atoms with Gasteiger partial charge in [0, 0.05) is 17.3 Å². The highest BCUT2D eigenvalue weighted by Gasteiger charge is 2.35. The van der Waals surface area contributed by atoms with Crippen LogP contribution in [0.1, 0.15) is 16.7 Å². The van der Waals surface area contributed by atoms with Crippen LogP contribution in [-0.4, -0.2) is 16.1 Å². The summed E-state index contributed by atoms with van der Waals surface area (Å²) in [5.74, 6) is -1.35. The first-order valence-corrected chi connectivity index (χ1v) is 8.52. The lowest BCUT2D eigenvalue weighted by Crippen LogP contribution is -2.10. The van der Waals surface area contributed by atoms with E-state index in [-0.39, 0.29) is 27.9 Å². The van der Waals surface area contributed by atoms with Gasteiger partial charge in [0.1, 0.15) is 0 Å². The average molecular weight is 425 g/mol. The third-order valence-electron chi connectivity index (χ3n) is 4.36. The SMILES string of the molecule is O=C(O)Cc1cc(-c2ccccc2C(F)(F)F)ncc1-c1ccccc1C(F)(F)F. The molecule has 0 bridgehead atoms. The second-order valence-electron chi connectivity index (χ2n) is 6.38. The zero-order valence-electron chi connectivity index (χ0n) is 15.1. The van der Waals surface area contributed by atoms with Crippen molar-refractivity contribution in [1.82, 2.24) is 4.98 Å². The molecule has 0 unspecified atom stereocenters. The Morgan fingerprint density at radius 2 is 1.30 bits per heavy atom. The number of pyridine rings is 1. The molecule has 3 aromatic rings. The van der Waals surface area contributed by atoms with Gasteiger partial charge in [-0.05, 0) is 29.3 Å². The van der Waals surface area contributed by atoms with Crippen LogP contribution in [0.4, 0.5) is 26.3 Å². The van der Waals surface area contributed by atoms with Crippen molar-refractivity contribution in [2.75, 3.05) is 0 Å². The quantitative estimate of drug-likeness (QED) is 0.516. The summed E-state index contributed by atoms with van der Waals surface area (Å²) in [5, 5.41) is 9.19. The molecular formula is C21H13F6NO2. The molecule has 3 rings (SSSR count). The van der Waals surface area contributed by atoms with Gasteiger partial charge in [0.2, 0.25) is 0 Å². The standard InChI is InChI=1S/C21H13F6NO2/c22-20(23,24)16-7-3-1-5-13(16)15-11-28-18(9-12(15)10-19(29)30)14-6-2-4-8-17(14)21(25,26)27/h1-9,11H,10H2,(H,29,30). The van der Waals surface area contributed by atoms with Gasteiger partial charge >= 0.3 is 18.3 Å². The van der Waals surface area contributed by atoms with Crippen LogP contribution in [-0.2, 0) is 23.6 Å². The molecule has 0 aliphatic carbocycles. The minimum absolute atomic E-state index is 0.0822. The number of nitrogens with zero attached hydrogens (tertiary/aromatic N) is 1. The van der Waals surface area contributed by atoms with Gasteiger partial charge in [-0.3, -0.25) is 9.78 Å². The first-order chi connectivity index (χ1) is 14.0. The second-order valence-corrected chi connectivity index (χ2v) is 6.38. The molecule has 0 amide bonds. The molecule has 3 nitrogen and oxygen atoms in total. The number of aromatic nitrogens is 1. The van der Waals surface area contributed by atoms with E-state index >= 15 is 0 Å². The molecule has 1 heterocycles. The average Bonchev–Trinajstić information content (AvgIpc) is 2.66. The molecule has 156 valence electrons. The van der Waals surface area contributed by atoms with Crippen LogP contribution in [0, 0.1) is 0 Å². The number of carboxylic acids is 1. The van der Waals surface area contributed by atoms with E-state index in [4.69, 9.17) is 0 Å². The molecule has 0 saturated heterocycles. The van der Waals surface area contributed by atoms with Gasteiger partial charge in [0.05, 0.1) is 23.2 Å². The van der Waals surface area contributed by atoms with Crippen molar-refractivity contribution in [3.8, 4) is 22.4 Å². The number of halogens is 6. The van der Waals surface area contributed by atoms with E-state index in [2.05, 4.69) is 4.98 Å². The molecule has 0 fully saturated rings. The number of alkyl halides is 6. The van der Waals surface area contributed by atoms with E-state index in [0.717, 1.165) is 30.5 Å². The molecule has 0 spiro atoms. The van der Waals surface area contributed by atoms with Gasteiger partial charge in [-0.25, -0.2) is 0 Å². The lowest BCUT2D eigenvalue weighted by atomic mass is 9.93. The van der Waals surface area contributed by atoms with Crippen LogP contribution >= 0.6 is 0 Å². The summed E-state index contributed by atoms with van der Waals surface area (Å²) < 4.78 is 80.2. The molecule has 2 aromatic carbocycles. The molecule has 0 atom stereocenters. The third kappa shape index (κ3) is 4.45. The summed E-state index contributed by atoms with van der Waals surface area (Å²) in [7, 11) is 0. The number of rotatable bonds is 4. The topological polar surface area (TPSA) is 50.2 Å². The van der Waals surface area contributed by atoms with E-state index in [1.165, 1.54) is 30.3 Å². The second kappa shape index (κ2) is 7.81. The summed E-state index contributed by atoms with van der Waals surface area (Å²) in [6.07, 6.45) is -9.11. The Balaban J connectivity index is 2.23. The lowest BCUT2D eigenvalue weighted by molar-refractivity contribution is -0.138. The largest absolute Gasteiger partial charge is 0.481 e. The van der Waals surface area contributed by atoms with Crippen LogP contribution in [0.15, 0.2) is 60.8 Å². The Labute approximate surface area is 166 Å². The molecular weight excluding hydrogens is 412 g/mol. The first-order valence-electron chi connectivity index (χ1n) is 8.52. The highest BCUT2D eigenvalue weighted by molar-refractivity contribution is 5.80. The van der Waals surface area contributed by atoms with E-state index in [0.29, 0.717) is 0 Å². The van der Waals surface area contributed by atoms with Crippen molar-refractivity contribution in [3.63, 3.8) is 0 Å². The lowest BCUT2D eigenvalue weighted by Gasteiger charge is -2.17. The predicted molar refractivity (Wildman–Crippen MR) is 96.5 cm³/mol. The van der Waals surface area contributed by atoms with Crippen molar-refractivity contribution in [1.29, 1.82) is 0 Å². The Morgan fingerprint density at radius 1 is 0.800 bits per heavy atom. The number of carbonyl (C=O) groups is 1. The monoisotopic (exact) mass is 425 g/mol. The summed E-state index contributed by atoms with van der Waals surface area (Å²) in [5.41, 5.74) is -2.96. The van der Waals surface area contributed by atoms with Gasteiger partial charge in [-0.15, -0.1) is 0 Å². The minimum Gasteiger partial charge on any atom is -0.481 e. The van der Waals surface area contributed by atoms with Crippen LogP contribution in [0.25, 0.3) is 22.4 Å². The molecule has 0 saturated carbocycles. The number of hydrogen-bond acceptors (Lipinski definition) is 2. The fourth-order valence-electron chi connectivity index (χ4n) is 3.11. The minimum atomic E-state index is -4.71. The van der Waals surface area contributed by atoms with Crippen molar-refractivity contribution >= 4 is 5.97 Å².